The summed E-state index contributed by atoms with van der Waals surface area (Å²) in [6.45, 7) is 10.4. The Balaban J connectivity index is 0.943. The number of aromatic nitrogens is 4. The van der Waals surface area contributed by atoms with Crippen molar-refractivity contribution in [2.45, 2.75) is 52.9 Å². The average molecular weight is 773 g/mol. The average Bonchev–Trinajstić information content (AvgIpc) is 3.66. The molecular weight excluding hydrogens is 728 g/mol. The van der Waals surface area contributed by atoms with Gasteiger partial charge in [-0.05, 0) is 104 Å². The second-order valence-corrected chi connectivity index (χ2v) is 16.3. The molecule has 0 bridgehead atoms. The van der Waals surface area contributed by atoms with Crippen molar-refractivity contribution < 1.29 is 32.5 Å². The first-order valence-electron chi connectivity index (χ1n) is 18.9. The summed E-state index contributed by atoms with van der Waals surface area (Å²) in [7, 11) is 1.45. The zero-order valence-electron chi connectivity index (χ0n) is 31.8. The minimum absolute atomic E-state index is 0.0683. The second kappa shape index (κ2) is 13.8. The molecule has 0 amide bonds. The molecule has 2 aromatic heterocycles. The molecular formula is C42H44F4N6O4. The first-order chi connectivity index (χ1) is 26.6. The first-order valence-corrected chi connectivity index (χ1v) is 18.9. The van der Waals surface area contributed by atoms with Crippen LogP contribution in [0.2, 0.25) is 0 Å². The molecule has 0 aliphatic carbocycles. The Bertz CT molecular complexity index is 2510. The van der Waals surface area contributed by atoms with Gasteiger partial charge < -0.3 is 24.7 Å². The van der Waals surface area contributed by atoms with E-state index in [9.17, 15) is 28.2 Å². The van der Waals surface area contributed by atoms with E-state index in [1.807, 2.05) is 36.4 Å². The van der Waals surface area contributed by atoms with Crippen LogP contribution in [0.3, 0.4) is 0 Å². The largest absolute Gasteiger partial charge is 0.503 e. The fourth-order valence-corrected chi connectivity index (χ4v) is 8.07. The minimum Gasteiger partial charge on any atom is -0.503 e. The Hall–Kier alpha value is -5.66. The van der Waals surface area contributed by atoms with Gasteiger partial charge in [0.1, 0.15) is 11.0 Å². The molecule has 2 N–H and O–H groups in total. The molecule has 56 heavy (non-hydrogen) atoms. The van der Waals surface area contributed by atoms with Crippen LogP contribution in [-0.2, 0) is 7.05 Å². The number of phenolic OH excluding ortho intramolecular Hbond substituents is 2. The van der Waals surface area contributed by atoms with Gasteiger partial charge in [0.05, 0.1) is 28.8 Å². The van der Waals surface area contributed by atoms with Crippen LogP contribution in [0.1, 0.15) is 52.9 Å². The van der Waals surface area contributed by atoms with Crippen LogP contribution in [0.4, 0.5) is 28.9 Å². The number of halogens is 4. The summed E-state index contributed by atoms with van der Waals surface area (Å²) in [5.41, 5.74) is 2.35. The SMILES string of the molecule is Cn1c(=O)c2cc(F)c(O)c(F)c2n1-c1ccc(N2CCC(C)(CCOc3nn(-c4ccc(N5CCC(C)(C)CC5)cc4)c4c(F)c(O)c(F)cc34)CC2)cc1. The van der Waals surface area contributed by atoms with Crippen molar-refractivity contribution >= 4 is 33.2 Å². The molecule has 14 heteroatoms. The predicted octanol–water partition coefficient (Wildman–Crippen LogP) is 8.34. The van der Waals surface area contributed by atoms with Crippen molar-refractivity contribution in [1.82, 2.24) is 19.1 Å². The number of ether oxygens (including phenoxy) is 1. The molecule has 0 radical (unpaired) electrons. The highest BCUT2D eigenvalue weighted by molar-refractivity contribution is 5.88. The van der Waals surface area contributed by atoms with Gasteiger partial charge in [0.15, 0.2) is 34.8 Å². The summed E-state index contributed by atoms with van der Waals surface area (Å²) >= 11 is 0. The lowest BCUT2D eigenvalue weighted by atomic mass is 9.78. The lowest BCUT2D eigenvalue weighted by Crippen LogP contribution is -2.39. The molecule has 294 valence electrons. The van der Waals surface area contributed by atoms with Gasteiger partial charge in [0.2, 0.25) is 5.88 Å². The highest BCUT2D eigenvalue weighted by Crippen LogP contribution is 2.40. The molecule has 0 spiro atoms. The summed E-state index contributed by atoms with van der Waals surface area (Å²) in [5.74, 6) is -6.74. The number of nitrogens with zero attached hydrogens (tertiary/aromatic N) is 6. The minimum atomic E-state index is -1.21. The number of hydrogen-bond acceptors (Lipinski definition) is 7. The Morgan fingerprint density at radius 2 is 1.18 bits per heavy atom. The highest BCUT2D eigenvalue weighted by Gasteiger charge is 2.32. The van der Waals surface area contributed by atoms with Gasteiger partial charge in [-0.25, -0.2) is 31.6 Å². The summed E-state index contributed by atoms with van der Waals surface area (Å²) in [6, 6.07) is 16.7. The third-order valence-corrected chi connectivity index (χ3v) is 12.0. The van der Waals surface area contributed by atoms with Crippen molar-refractivity contribution in [2.75, 3.05) is 42.6 Å². The van der Waals surface area contributed by atoms with E-state index in [0.717, 1.165) is 75.4 Å². The first kappa shape index (κ1) is 37.3. The van der Waals surface area contributed by atoms with Crippen molar-refractivity contribution in [1.29, 1.82) is 0 Å². The van der Waals surface area contributed by atoms with E-state index in [1.54, 1.807) is 12.1 Å². The van der Waals surface area contributed by atoms with Crippen molar-refractivity contribution in [2.24, 2.45) is 17.9 Å². The second-order valence-electron chi connectivity index (χ2n) is 16.3. The van der Waals surface area contributed by atoms with E-state index in [-0.39, 0.29) is 39.7 Å². The molecule has 4 heterocycles. The van der Waals surface area contributed by atoms with Gasteiger partial charge in [-0.1, -0.05) is 20.8 Å². The molecule has 2 aliphatic rings. The topological polar surface area (TPSA) is 101 Å². The number of phenols is 2. The molecule has 2 saturated heterocycles. The Labute approximate surface area is 320 Å². The number of fused-ring (bicyclic) bond motifs is 2. The molecule has 6 aromatic rings. The molecule has 2 fully saturated rings. The molecule has 10 nitrogen and oxygen atoms in total. The van der Waals surface area contributed by atoms with Gasteiger partial charge in [-0.2, -0.15) is 0 Å². The van der Waals surface area contributed by atoms with E-state index in [2.05, 4.69) is 35.7 Å². The lowest BCUT2D eigenvalue weighted by Gasteiger charge is -2.40. The van der Waals surface area contributed by atoms with Gasteiger partial charge in [0.25, 0.3) is 5.56 Å². The highest BCUT2D eigenvalue weighted by atomic mass is 19.1. The number of aromatic hydroxyl groups is 2. The Morgan fingerprint density at radius 1 is 0.696 bits per heavy atom. The molecule has 2 aliphatic heterocycles. The zero-order chi connectivity index (χ0) is 39.7. The van der Waals surface area contributed by atoms with Crippen molar-refractivity contribution in [3.63, 3.8) is 0 Å². The van der Waals surface area contributed by atoms with Crippen molar-refractivity contribution in [3.8, 4) is 28.8 Å². The van der Waals surface area contributed by atoms with Crippen LogP contribution in [0.15, 0.2) is 65.5 Å². The van der Waals surface area contributed by atoms with Crippen LogP contribution < -0.4 is 20.1 Å². The predicted molar refractivity (Wildman–Crippen MR) is 208 cm³/mol. The van der Waals surface area contributed by atoms with E-state index in [4.69, 9.17) is 4.74 Å². The van der Waals surface area contributed by atoms with E-state index in [1.165, 1.54) is 21.1 Å². The quantitative estimate of drug-likeness (QED) is 0.150. The van der Waals surface area contributed by atoms with Crippen LogP contribution in [-0.4, -0.2) is 62.1 Å². The number of rotatable bonds is 8. The number of piperidine rings is 2. The number of hydrogen-bond donors (Lipinski definition) is 2. The normalized spacial score (nSPS) is 16.9. The molecule has 4 aromatic carbocycles. The standard InChI is InChI=1S/C42H44F4N6O4/c1-41(2)13-18-49(19-14-41)25-5-9-27(10-6-25)51-35-29(23-31(43)37(53)33(35)45)39(47-51)56-22-17-42(3)15-20-50(21-16-42)26-7-11-28(12-8-26)52-36-30(40(55)48(52)4)24-32(44)38(54)34(36)46/h5-12,23-24,53-54H,13-22H2,1-4H3. The van der Waals surface area contributed by atoms with Crippen molar-refractivity contribution in [3.05, 3.63) is 94.3 Å². The Morgan fingerprint density at radius 3 is 1.75 bits per heavy atom. The fourth-order valence-electron chi connectivity index (χ4n) is 8.07. The maximum atomic E-state index is 15.5. The number of benzene rings is 4. The van der Waals surface area contributed by atoms with E-state index < -0.39 is 40.3 Å². The fraction of sp³-hybridized carbons (Fsp3) is 0.381. The molecule has 0 saturated carbocycles. The van der Waals surface area contributed by atoms with Gasteiger partial charge in [-0.15, -0.1) is 5.10 Å². The Kier molecular flexibility index (Phi) is 9.20. The van der Waals surface area contributed by atoms with Gasteiger partial charge in [-0.3, -0.25) is 4.79 Å². The number of anilines is 2. The zero-order valence-corrected chi connectivity index (χ0v) is 31.8. The maximum absolute atomic E-state index is 15.5. The van der Waals surface area contributed by atoms with Gasteiger partial charge >= 0.3 is 0 Å². The molecule has 0 atom stereocenters. The van der Waals surface area contributed by atoms with Crippen LogP contribution >= 0.6 is 0 Å². The van der Waals surface area contributed by atoms with Crippen LogP contribution in [0.5, 0.6) is 17.4 Å². The monoisotopic (exact) mass is 772 g/mol. The van der Waals surface area contributed by atoms with Crippen LogP contribution in [0, 0.1) is 34.1 Å². The lowest BCUT2D eigenvalue weighted by molar-refractivity contribution is 0.173. The molecule has 8 rings (SSSR count). The third kappa shape index (κ3) is 6.48. The van der Waals surface area contributed by atoms with Crippen LogP contribution in [0.25, 0.3) is 33.2 Å². The molecule has 0 unspecified atom stereocenters. The third-order valence-electron chi connectivity index (χ3n) is 12.0. The van der Waals surface area contributed by atoms with E-state index in [0.29, 0.717) is 23.2 Å². The summed E-state index contributed by atoms with van der Waals surface area (Å²) in [4.78, 5) is 17.3. The smallest absolute Gasteiger partial charge is 0.274 e. The summed E-state index contributed by atoms with van der Waals surface area (Å²) in [6.07, 6.45) is 4.49. The van der Waals surface area contributed by atoms with E-state index >= 15 is 4.39 Å². The maximum Gasteiger partial charge on any atom is 0.274 e. The summed E-state index contributed by atoms with van der Waals surface area (Å²) < 4.78 is 69.1. The summed E-state index contributed by atoms with van der Waals surface area (Å²) in [5, 5.41) is 24.6. The van der Waals surface area contributed by atoms with Gasteiger partial charge in [0, 0.05) is 44.6 Å².